The van der Waals surface area contributed by atoms with Crippen molar-refractivity contribution < 1.29 is 24.2 Å². The van der Waals surface area contributed by atoms with Gasteiger partial charge in [0.25, 0.3) is 0 Å². The van der Waals surface area contributed by atoms with Crippen molar-refractivity contribution in [3.05, 3.63) is 22.2 Å². The lowest BCUT2D eigenvalue weighted by Gasteiger charge is -2.13. The molecule has 1 aromatic rings. The average molecular weight is 350 g/mol. The molecule has 122 valence electrons. The summed E-state index contributed by atoms with van der Waals surface area (Å²) in [4.78, 5) is 21.9. The van der Waals surface area contributed by atoms with Crippen molar-refractivity contribution in [1.29, 1.82) is 0 Å². The van der Waals surface area contributed by atoms with E-state index in [-0.39, 0.29) is 5.02 Å². The van der Waals surface area contributed by atoms with E-state index in [0.717, 1.165) is 0 Å². The van der Waals surface area contributed by atoms with Crippen molar-refractivity contribution in [2.45, 2.75) is 13.8 Å². The molecular formula is C14H17Cl2NO5. The van der Waals surface area contributed by atoms with Crippen LogP contribution < -0.4 is 10.1 Å². The molecule has 0 atom stereocenters. The first-order valence-corrected chi connectivity index (χ1v) is 7.26. The second kappa shape index (κ2) is 8.82. The zero-order chi connectivity index (χ0) is 16.7. The van der Waals surface area contributed by atoms with Crippen LogP contribution in [0.5, 0.6) is 5.75 Å². The van der Waals surface area contributed by atoms with E-state index in [0.29, 0.717) is 29.0 Å². The largest absolute Gasteiger partial charge is 0.492 e. The minimum Gasteiger partial charge on any atom is -0.492 e. The van der Waals surface area contributed by atoms with Crippen molar-refractivity contribution in [1.82, 2.24) is 0 Å². The van der Waals surface area contributed by atoms with Gasteiger partial charge in [0, 0.05) is 6.07 Å². The maximum atomic E-state index is 11.6. The van der Waals surface area contributed by atoms with E-state index in [1.807, 2.05) is 13.8 Å². The molecule has 0 saturated heterocycles. The van der Waals surface area contributed by atoms with Crippen LogP contribution in [-0.4, -0.2) is 36.8 Å². The standard InChI is InChI=1S/C14H17Cl2NO5/c1-8(2)5-22-12-4-11(9(15)3-10(12)16)17-13(18)6-21-7-14(19)20/h3-4,8H,5-7H2,1-2H3,(H,17,18)(H,19,20). The smallest absolute Gasteiger partial charge is 0.329 e. The SMILES string of the molecule is CC(C)COc1cc(NC(=O)COCC(=O)O)c(Cl)cc1Cl. The third kappa shape index (κ3) is 6.51. The number of aliphatic carboxylic acids is 1. The lowest BCUT2D eigenvalue weighted by atomic mass is 10.2. The third-order valence-corrected chi connectivity index (χ3v) is 2.93. The van der Waals surface area contributed by atoms with Crippen LogP contribution in [0.2, 0.25) is 10.0 Å². The van der Waals surface area contributed by atoms with E-state index in [1.54, 1.807) is 0 Å². The molecule has 0 bridgehead atoms. The van der Waals surface area contributed by atoms with Gasteiger partial charge in [-0.25, -0.2) is 4.79 Å². The Hall–Kier alpha value is -1.50. The number of benzene rings is 1. The first kappa shape index (κ1) is 18.5. The number of halogens is 2. The topological polar surface area (TPSA) is 84.9 Å². The number of anilines is 1. The van der Waals surface area contributed by atoms with Gasteiger partial charge in [0.05, 0.1) is 22.3 Å². The number of carbonyl (C=O) groups excluding carboxylic acids is 1. The van der Waals surface area contributed by atoms with Gasteiger partial charge in [-0.3, -0.25) is 4.79 Å². The molecule has 0 fully saturated rings. The van der Waals surface area contributed by atoms with Crippen LogP contribution in [0.3, 0.4) is 0 Å². The Morgan fingerprint density at radius 2 is 1.91 bits per heavy atom. The monoisotopic (exact) mass is 349 g/mol. The minimum absolute atomic E-state index is 0.244. The van der Waals surface area contributed by atoms with E-state index in [1.165, 1.54) is 12.1 Å². The summed E-state index contributed by atoms with van der Waals surface area (Å²) in [5.41, 5.74) is 0.314. The number of rotatable bonds is 8. The summed E-state index contributed by atoms with van der Waals surface area (Å²) >= 11 is 12.0. The molecule has 6 nitrogen and oxygen atoms in total. The summed E-state index contributed by atoms with van der Waals surface area (Å²) in [7, 11) is 0. The van der Waals surface area contributed by atoms with E-state index in [4.69, 9.17) is 33.0 Å². The third-order valence-electron chi connectivity index (χ3n) is 2.33. The summed E-state index contributed by atoms with van der Waals surface area (Å²) in [6.07, 6.45) is 0. The summed E-state index contributed by atoms with van der Waals surface area (Å²) in [6.45, 7) is 3.51. The quantitative estimate of drug-likeness (QED) is 0.753. The fourth-order valence-corrected chi connectivity index (χ4v) is 1.89. The van der Waals surface area contributed by atoms with Crippen molar-refractivity contribution in [2.75, 3.05) is 25.1 Å². The predicted molar refractivity (Wildman–Crippen MR) is 83.9 cm³/mol. The van der Waals surface area contributed by atoms with Crippen LogP contribution in [0.4, 0.5) is 5.69 Å². The molecule has 8 heteroatoms. The summed E-state index contributed by atoms with van der Waals surface area (Å²) in [5.74, 6) is -0.960. The maximum absolute atomic E-state index is 11.6. The molecule has 1 amide bonds. The molecule has 0 spiro atoms. The number of nitrogens with one attached hydrogen (secondary N) is 1. The molecule has 22 heavy (non-hydrogen) atoms. The Morgan fingerprint density at radius 3 is 2.50 bits per heavy atom. The number of hydrogen-bond acceptors (Lipinski definition) is 4. The van der Waals surface area contributed by atoms with Gasteiger partial charge in [-0.1, -0.05) is 37.0 Å². The minimum atomic E-state index is -1.15. The Labute approximate surface area is 138 Å². The van der Waals surface area contributed by atoms with Gasteiger partial charge >= 0.3 is 5.97 Å². The molecule has 1 aromatic carbocycles. The molecule has 1 rings (SSSR count). The van der Waals surface area contributed by atoms with E-state index >= 15 is 0 Å². The second-order valence-corrected chi connectivity index (χ2v) is 5.72. The molecular weight excluding hydrogens is 333 g/mol. The predicted octanol–water partition coefficient (Wildman–Crippen LogP) is 3.07. The Morgan fingerprint density at radius 1 is 1.23 bits per heavy atom. The molecule has 2 N–H and O–H groups in total. The molecule has 0 aliphatic rings. The Kier molecular flexibility index (Phi) is 7.44. The van der Waals surface area contributed by atoms with Crippen molar-refractivity contribution in [3.8, 4) is 5.75 Å². The highest BCUT2D eigenvalue weighted by Crippen LogP contribution is 2.34. The van der Waals surface area contributed by atoms with Crippen LogP contribution >= 0.6 is 23.2 Å². The Balaban J connectivity index is 2.70. The van der Waals surface area contributed by atoms with Gasteiger partial charge in [0.1, 0.15) is 19.0 Å². The molecule has 0 aliphatic carbocycles. The van der Waals surface area contributed by atoms with Crippen LogP contribution in [0.15, 0.2) is 12.1 Å². The number of hydrogen-bond donors (Lipinski definition) is 2. The normalized spacial score (nSPS) is 10.6. The van der Waals surface area contributed by atoms with Crippen molar-refractivity contribution >= 4 is 40.8 Å². The highest BCUT2D eigenvalue weighted by molar-refractivity contribution is 6.37. The van der Waals surface area contributed by atoms with Gasteiger partial charge in [-0.15, -0.1) is 0 Å². The van der Waals surface area contributed by atoms with E-state index < -0.39 is 25.1 Å². The zero-order valence-electron chi connectivity index (χ0n) is 12.2. The first-order valence-electron chi connectivity index (χ1n) is 6.50. The average Bonchev–Trinajstić information content (AvgIpc) is 2.39. The van der Waals surface area contributed by atoms with E-state index in [2.05, 4.69) is 10.1 Å². The fraction of sp³-hybridized carbons (Fsp3) is 0.429. The lowest BCUT2D eigenvalue weighted by molar-refractivity contribution is -0.143. The summed E-state index contributed by atoms with van der Waals surface area (Å²) in [5, 5.41) is 11.5. The molecule has 0 heterocycles. The molecule has 0 saturated carbocycles. The molecule has 0 aliphatic heterocycles. The molecule has 0 unspecified atom stereocenters. The highest BCUT2D eigenvalue weighted by Gasteiger charge is 2.12. The number of carbonyl (C=O) groups is 2. The summed E-state index contributed by atoms with van der Waals surface area (Å²) in [6, 6.07) is 2.98. The highest BCUT2D eigenvalue weighted by atomic mass is 35.5. The second-order valence-electron chi connectivity index (χ2n) is 4.90. The van der Waals surface area contributed by atoms with Crippen LogP contribution in [0, 0.1) is 5.92 Å². The maximum Gasteiger partial charge on any atom is 0.329 e. The van der Waals surface area contributed by atoms with Gasteiger partial charge in [-0.2, -0.15) is 0 Å². The van der Waals surface area contributed by atoms with Crippen LogP contribution in [-0.2, 0) is 14.3 Å². The summed E-state index contributed by atoms with van der Waals surface area (Å²) < 4.78 is 10.2. The first-order chi connectivity index (χ1) is 10.3. The number of amides is 1. The van der Waals surface area contributed by atoms with Crippen LogP contribution in [0.25, 0.3) is 0 Å². The number of carboxylic acids is 1. The fourth-order valence-electron chi connectivity index (χ4n) is 1.41. The number of ether oxygens (including phenoxy) is 2. The Bertz CT molecular complexity index is 548. The lowest BCUT2D eigenvalue weighted by Crippen LogP contribution is -2.21. The number of carboxylic acid groups (broad SMARTS) is 1. The van der Waals surface area contributed by atoms with Crippen LogP contribution in [0.1, 0.15) is 13.8 Å². The van der Waals surface area contributed by atoms with Gasteiger partial charge in [-0.05, 0) is 12.0 Å². The molecule has 0 aromatic heterocycles. The van der Waals surface area contributed by atoms with Gasteiger partial charge in [0.2, 0.25) is 5.91 Å². The van der Waals surface area contributed by atoms with Crippen molar-refractivity contribution in [3.63, 3.8) is 0 Å². The van der Waals surface area contributed by atoms with E-state index in [9.17, 15) is 9.59 Å². The molecule has 0 radical (unpaired) electrons. The van der Waals surface area contributed by atoms with Crippen molar-refractivity contribution in [2.24, 2.45) is 5.92 Å². The zero-order valence-corrected chi connectivity index (χ0v) is 13.7. The van der Waals surface area contributed by atoms with Gasteiger partial charge < -0.3 is 19.9 Å². The van der Waals surface area contributed by atoms with Gasteiger partial charge in [0.15, 0.2) is 0 Å².